The average molecular weight is 319 g/mol. The largest absolute Gasteiger partial charge is 0.340 e. The molecule has 3 heterocycles. The summed E-state index contributed by atoms with van der Waals surface area (Å²) in [7, 11) is 0. The molecular formula is C15H21N5O3. The number of carbonyl (C=O) groups is 1. The Labute approximate surface area is 134 Å². The van der Waals surface area contributed by atoms with Crippen LogP contribution in [-0.2, 0) is 4.79 Å². The van der Waals surface area contributed by atoms with Crippen LogP contribution in [0.3, 0.4) is 0 Å². The molecule has 1 unspecified atom stereocenters. The lowest BCUT2D eigenvalue weighted by molar-refractivity contribution is -0.117. The van der Waals surface area contributed by atoms with Gasteiger partial charge in [0.15, 0.2) is 5.82 Å². The molecule has 0 bridgehead atoms. The third-order valence-corrected chi connectivity index (χ3v) is 3.93. The molecule has 1 saturated heterocycles. The minimum Gasteiger partial charge on any atom is -0.340 e. The zero-order valence-electron chi connectivity index (χ0n) is 13.6. The maximum Gasteiger partial charge on any atom is 0.240 e. The first-order valence-electron chi connectivity index (χ1n) is 7.83. The van der Waals surface area contributed by atoms with Gasteiger partial charge >= 0.3 is 0 Å². The maximum absolute atomic E-state index is 12.2. The van der Waals surface area contributed by atoms with Gasteiger partial charge in [-0.3, -0.25) is 15.0 Å². The van der Waals surface area contributed by atoms with Gasteiger partial charge in [0, 0.05) is 13.0 Å². The number of hydrogen-bond donors (Lipinski definition) is 1. The number of carbonyl (C=O) groups excluding carboxylic acids is 1. The van der Waals surface area contributed by atoms with E-state index < -0.39 is 0 Å². The van der Waals surface area contributed by atoms with E-state index in [0.29, 0.717) is 17.6 Å². The highest BCUT2D eigenvalue weighted by Gasteiger charge is 2.31. The van der Waals surface area contributed by atoms with E-state index in [1.165, 1.54) is 0 Å². The molecule has 1 aliphatic heterocycles. The molecule has 3 rings (SSSR count). The lowest BCUT2D eigenvalue weighted by Gasteiger charge is -2.20. The van der Waals surface area contributed by atoms with E-state index >= 15 is 0 Å². The van der Waals surface area contributed by atoms with Crippen molar-refractivity contribution in [1.82, 2.24) is 20.2 Å². The molecular weight excluding hydrogens is 298 g/mol. The predicted octanol–water partition coefficient (Wildman–Crippen LogP) is 2.27. The molecule has 0 saturated carbocycles. The van der Waals surface area contributed by atoms with Crippen LogP contribution in [0.1, 0.15) is 56.1 Å². The summed E-state index contributed by atoms with van der Waals surface area (Å²) in [6.07, 6.45) is 1.93. The van der Waals surface area contributed by atoms with Crippen LogP contribution in [0.5, 0.6) is 0 Å². The molecule has 1 atom stereocenters. The molecule has 124 valence electrons. The van der Waals surface area contributed by atoms with Gasteiger partial charge in [-0.1, -0.05) is 24.2 Å². The molecule has 0 spiro atoms. The Balaban J connectivity index is 1.60. The van der Waals surface area contributed by atoms with Crippen molar-refractivity contribution in [1.29, 1.82) is 0 Å². The Kier molecular flexibility index (Phi) is 4.42. The van der Waals surface area contributed by atoms with E-state index in [2.05, 4.69) is 25.5 Å². The molecule has 1 fully saturated rings. The van der Waals surface area contributed by atoms with Crippen LogP contribution in [0.15, 0.2) is 15.1 Å². The lowest BCUT2D eigenvalue weighted by atomic mass is 10.1. The van der Waals surface area contributed by atoms with Crippen LogP contribution in [-0.4, -0.2) is 39.2 Å². The number of amides is 1. The van der Waals surface area contributed by atoms with Gasteiger partial charge in [0.05, 0.1) is 18.3 Å². The van der Waals surface area contributed by atoms with Crippen LogP contribution in [0.4, 0.5) is 5.88 Å². The highest BCUT2D eigenvalue weighted by Crippen LogP contribution is 2.29. The van der Waals surface area contributed by atoms with Gasteiger partial charge in [-0.05, 0) is 25.3 Å². The van der Waals surface area contributed by atoms with Crippen molar-refractivity contribution in [2.75, 3.05) is 18.4 Å². The number of aryl methyl sites for hydroxylation is 1. The van der Waals surface area contributed by atoms with Crippen LogP contribution in [0, 0.1) is 6.92 Å². The third-order valence-electron chi connectivity index (χ3n) is 3.93. The summed E-state index contributed by atoms with van der Waals surface area (Å²) in [6.45, 7) is 6.89. The van der Waals surface area contributed by atoms with Gasteiger partial charge in [0.1, 0.15) is 0 Å². The fourth-order valence-corrected chi connectivity index (χ4v) is 2.74. The Morgan fingerprint density at radius 1 is 1.43 bits per heavy atom. The first-order valence-corrected chi connectivity index (χ1v) is 7.83. The van der Waals surface area contributed by atoms with E-state index in [1.54, 1.807) is 13.0 Å². The highest BCUT2D eigenvalue weighted by molar-refractivity contribution is 5.91. The number of rotatable bonds is 5. The molecule has 0 aliphatic carbocycles. The molecule has 8 heteroatoms. The fraction of sp³-hybridized carbons (Fsp3) is 0.600. The first kappa shape index (κ1) is 15.7. The second kappa shape index (κ2) is 6.49. The van der Waals surface area contributed by atoms with Crippen LogP contribution >= 0.6 is 0 Å². The van der Waals surface area contributed by atoms with Crippen molar-refractivity contribution in [2.45, 2.75) is 45.6 Å². The monoisotopic (exact) mass is 319 g/mol. The molecule has 2 aromatic rings. The van der Waals surface area contributed by atoms with Gasteiger partial charge in [-0.25, -0.2) is 0 Å². The molecule has 23 heavy (non-hydrogen) atoms. The number of anilines is 1. The van der Waals surface area contributed by atoms with Crippen molar-refractivity contribution in [3.8, 4) is 0 Å². The Hall–Kier alpha value is -2.22. The number of likely N-dealkylation sites (tertiary alicyclic amines) is 1. The predicted molar refractivity (Wildman–Crippen MR) is 81.8 cm³/mol. The highest BCUT2D eigenvalue weighted by atomic mass is 16.5. The summed E-state index contributed by atoms with van der Waals surface area (Å²) in [5.41, 5.74) is 0.821. The lowest BCUT2D eigenvalue weighted by Crippen LogP contribution is -2.33. The van der Waals surface area contributed by atoms with Gasteiger partial charge in [0.25, 0.3) is 0 Å². The second-order valence-corrected chi connectivity index (χ2v) is 6.12. The summed E-state index contributed by atoms with van der Waals surface area (Å²) in [5.74, 6) is 1.69. The van der Waals surface area contributed by atoms with Crippen molar-refractivity contribution < 1.29 is 13.8 Å². The van der Waals surface area contributed by atoms with Gasteiger partial charge < -0.3 is 9.05 Å². The van der Waals surface area contributed by atoms with Gasteiger partial charge in [-0.2, -0.15) is 4.98 Å². The van der Waals surface area contributed by atoms with Crippen molar-refractivity contribution >= 4 is 11.8 Å². The number of nitrogens with zero attached hydrogens (tertiary/aromatic N) is 4. The number of hydrogen-bond acceptors (Lipinski definition) is 7. The van der Waals surface area contributed by atoms with Crippen molar-refractivity contribution in [2.24, 2.45) is 0 Å². The minimum atomic E-state index is -0.136. The standard InChI is InChI=1S/C15H21N5O3/c1-9(2)11-7-14(23-18-11)17-13(21)8-20-6-4-5-12(20)15-16-10(3)22-19-15/h7,9,12H,4-6,8H2,1-3H3,(H,17,21). The molecule has 0 aromatic carbocycles. The van der Waals surface area contributed by atoms with E-state index in [4.69, 9.17) is 9.05 Å². The molecule has 0 radical (unpaired) electrons. The van der Waals surface area contributed by atoms with Crippen LogP contribution < -0.4 is 5.32 Å². The first-order chi connectivity index (χ1) is 11.0. The second-order valence-electron chi connectivity index (χ2n) is 6.12. The summed E-state index contributed by atoms with van der Waals surface area (Å²) < 4.78 is 10.2. The number of aromatic nitrogens is 3. The van der Waals surface area contributed by atoms with Crippen LogP contribution in [0.2, 0.25) is 0 Å². The SMILES string of the molecule is Cc1nc(C2CCCN2CC(=O)Nc2cc(C(C)C)no2)no1. The van der Waals surface area contributed by atoms with E-state index in [1.807, 2.05) is 13.8 Å². The smallest absolute Gasteiger partial charge is 0.240 e. The average Bonchev–Trinajstić information content (AvgIpc) is 3.19. The molecule has 2 aromatic heterocycles. The quantitative estimate of drug-likeness (QED) is 0.902. The molecule has 8 nitrogen and oxygen atoms in total. The zero-order valence-corrected chi connectivity index (χ0v) is 13.6. The van der Waals surface area contributed by atoms with Gasteiger partial charge in [-0.15, -0.1) is 0 Å². The zero-order chi connectivity index (χ0) is 16.4. The van der Waals surface area contributed by atoms with Crippen molar-refractivity contribution in [3.05, 3.63) is 23.5 Å². The third kappa shape index (κ3) is 3.58. The number of nitrogens with one attached hydrogen (secondary N) is 1. The summed E-state index contributed by atoms with van der Waals surface area (Å²) in [5, 5.41) is 10.7. The van der Waals surface area contributed by atoms with E-state index in [0.717, 1.165) is 25.1 Å². The minimum absolute atomic E-state index is 0.0270. The fourth-order valence-electron chi connectivity index (χ4n) is 2.74. The van der Waals surface area contributed by atoms with Gasteiger partial charge in [0.2, 0.25) is 17.7 Å². The summed E-state index contributed by atoms with van der Waals surface area (Å²) in [4.78, 5) is 18.6. The topological polar surface area (TPSA) is 97.3 Å². The summed E-state index contributed by atoms with van der Waals surface area (Å²) >= 11 is 0. The Morgan fingerprint density at radius 2 is 2.26 bits per heavy atom. The molecule has 1 aliphatic rings. The molecule has 1 amide bonds. The molecule has 1 N–H and O–H groups in total. The Bertz CT molecular complexity index is 678. The summed E-state index contributed by atoms with van der Waals surface area (Å²) in [6, 6.07) is 1.78. The Morgan fingerprint density at radius 3 is 2.91 bits per heavy atom. The van der Waals surface area contributed by atoms with Crippen LogP contribution in [0.25, 0.3) is 0 Å². The van der Waals surface area contributed by atoms with E-state index in [9.17, 15) is 4.79 Å². The van der Waals surface area contributed by atoms with Crippen molar-refractivity contribution in [3.63, 3.8) is 0 Å². The van der Waals surface area contributed by atoms with E-state index in [-0.39, 0.29) is 24.4 Å². The maximum atomic E-state index is 12.2. The normalized spacial score (nSPS) is 18.7.